The first-order valence-electron chi connectivity index (χ1n) is 7.74. The summed E-state index contributed by atoms with van der Waals surface area (Å²) in [6.07, 6.45) is 0.791. The van der Waals surface area contributed by atoms with Crippen LogP contribution in [0.2, 0.25) is 0 Å². The zero-order chi connectivity index (χ0) is 14.5. The van der Waals surface area contributed by atoms with Gasteiger partial charge in [0.05, 0.1) is 6.10 Å². The Morgan fingerprint density at radius 1 is 1.35 bits per heavy atom. The summed E-state index contributed by atoms with van der Waals surface area (Å²) in [7, 11) is 2.04. The molecule has 1 aliphatic rings. The van der Waals surface area contributed by atoms with E-state index in [1.54, 1.807) is 0 Å². The van der Waals surface area contributed by atoms with Crippen molar-refractivity contribution in [3.63, 3.8) is 0 Å². The number of aliphatic hydroxyl groups excluding tert-OH is 1. The van der Waals surface area contributed by atoms with Crippen molar-refractivity contribution in [2.45, 2.75) is 32.4 Å². The molecule has 1 heterocycles. The lowest BCUT2D eigenvalue weighted by Gasteiger charge is -2.37. The Labute approximate surface area is 123 Å². The SMILES string of the molecule is CNC(c1ccccc1)C(C)CN1CCC(O)C(C)C1. The van der Waals surface area contributed by atoms with Gasteiger partial charge in [0.25, 0.3) is 0 Å². The molecule has 4 unspecified atom stereocenters. The fourth-order valence-electron chi connectivity index (χ4n) is 3.34. The van der Waals surface area contributed by atoms with Crippen molar-refractivity contribution >= 4 is 0 Å². The highest BCUT2D eigenvalue weighted by atomic mass is 16.3. The van der Waals surface area contributed by atoms with Crippen LogP contribution in [0.25, 0.3) is 0 Å². The molecule has 0 aliphatic carbocycles. The first-order valence-corrected chi connectivity index (χ1v) is 7.74. The second-order valence-electron chi connectivity index (χ2n) is 6.25. The van der Waals surface area contributed by atoms with Crippen LogP contribution in [0.1, 0.15) is 31.9 Å². The Balaban J connectivity index is 1.94. The summed E-state index contributed by atoms with van der Waals surface area (Å²) in [6, 6.07) is 11.0. The van der Waals surface area contributed by atoms with Gasteiger partial charge in [-0.2, -0.15) is 0 Å². The minimum Gasteiger partial charge on any atom is -0.393 e. The molecule has 1 fully saturated rings. The maximum atomic E-state index is 9.82. The second-order valence-corrected chi connectivity index (χ2v) is 6.25. The Bertz CT molecular complexity index is 395. The van der Waals surface area contributed by atoms with Gasteiger partial charge in [-0.15, -0.1) is 0 Å². The molecule has 1 aliphatic heterocycles. The van der Waals surface area contributed by atoms with Crippen molar-refractivity contribution in [2.75, 3.05) is 26.7 Å². The van der Waals surface area contributed by atoms with Crippen LogP contribution in [0.3, 0.4) is 0 Å². The molecule has 3 heteroatoms. The molecule has 112 valence electrons. The zero-order valence-electron chi connectivity index (χ0n) is 12.9. The molecule has 4 atom stereocenters. The van der Waals surface area contributed by atoms with E-state index in [0.717, 1.165) is 26.1 Å². The normalized spacial score (nSPS) is 27.2. The highest BCUT2D eigenvalue weighted by molar-refractivity contribution is 5.19. The standard InChI is InChI=1S/C17H28N2O/c1-13-11-19(10-9-16(13)20)12-14(2)17(18-3)15-7-5-4-6-8-15/h4-8,13-14,16-18,20H,9-12H2,1-3H3. The lowest BCUT2D eigenvalue weighted by molar-refractivity contribution is 0.0279. The molecule has 1 aromatic rings. The lowest BCUT2D eigenvalue weighted by Crippen LogP contribution is -2.45. The van der Waals surface area contributed by atoms with Gasteiger partial charge < -0.3 is 15.3 Å². The van der Waals surface area contributed by atoms with Crippen LogP contribution in [0.5, 0.6) is 0 Å². The predicted molar refractivity (Wildman–Crippen MR) is 83.6 cm³/mol. The Kier molecular flexibility index (Phi) is 5.58. The largest absolute Gasteiger partial charge is 0.393 e. The van der Waals surface area contributed by atoms with Gasteiger partial charge in [-0.3, -0.25) is 0 Å². The van der Waals surface area contributed by atoms with Gasteiger partial charge in [0.2, 0.25) is 0 Å². The van der Waals surface area contributed by atoms with E-state index in [-0.39, 0.29) is 6.10 Å². The monoisotopic (exact) mass is 276 g/mol. The quantitative estimate of drug-likeness (QED) is 0.866. The fourth-order valence-corrected chi connectivity index (χ4v) is 3.34. The molecule has 0 amide bonds. The molecule has 20 heavy (non-hydrogen) atoms. The number of hydrogen-bond acceptors (Lipinski definition) is 3. The van der Waals surface area contributed by atoms with Crippen molar-refractivity contribution in [1.29, 1.82) is 0 Å². The topological polar surface area (TPSA) is 35.5 Å². The molecule has 0 saturated carbocycles. The van der Waals surface area contributed by atoms with E-state index in [1.807, 2.05) is 7.05 Å². The zero-order valence-corrected chi connectivity index (χ0v) is 12.9. The van der Waals surface area contributed by atoms with Crippen LogP contribution >= 0.6 is 0 Å². The minimum atomic E-state index is -0.115. The Morgan fingerprint density at radius 3 is 2.65 bits per heavy atom. The molecule has 2 rings (SSSR count). The van der Waals surface area contributed by atoms with Gasteiger partial charge in [0.1, 0.15) is 0 Å². The van der Waals surface area contributed by atoms with Crippen LogP contribution in [-0.2, 0) is 0 Å². The average Bonchev–Trinajstić information content (AvgIpc) is 2.45. The van der Waals surface area contributed by atoms with E-state index in [0.29, 0.717) is 17.9 Å². The van der Waals surface area contributed by atoms with Gasteiger partial charge in [0.15, 0.2) is 0 Å². The second kappa shape index (κ2) is 7.21. The fraction of sp³-hybridized carbons (Fsp3) is 0.647. The van der Waals surface area contributed by atoms with E-state index in [9.17, 15) is 5.11 Å². The van der Waals surface area contributed by atoms with E-state index < -0.39 is 0 Å². The summed E-state index contributed by atoms with van der Waals surface area (Å²) in [5, 5.41) is 13.3. The summed E-state index contributed by atoms with van der Waals surface area (Å²) in [6.45, 7) is 7.56. The van der Waals surface area contributed by atoms with Crippen LogP contribution in [0.4, 0.5) is 0 Å². The van der Waals surface area contributed by atoms with Crippen molar-refractivity contribution < 1.29 is 5.11 Å². The minimum absolute atomic E-state index is 0.115. The highest BCUT2D eigenvalue weighted by Crippen LogP contribution is 2.24. The molecule has 3 nitrogen and oxygen atoms in total. The molecule has 0 radical (unpaired) electrons. The van der Waals surface area contributed by atoms with Crippen molar-refractivity contribution in [3.8, 4) is 0 Å². The molecule has 0 spiro atoms. The van der Waals surface area contributed by atoms with Crippen LogP contribution < -0.4 is 5.32 Å². The molecule has 1 saturated heterocycles. The molecule has 2 N–H and O–H groups in total. The number of aliphatic hydroxyl groups is 1. The molecule has 1 aromatic carbocycles. The van der Waals surface area contributed by atoms with Crippen molar-refractivity contribution in [3.05, 3.63) is 35.9 Å². The summed E-state index contributed by atoms with van der Waals surface area (Å²) < 4.78 is 0. The van der Waals surface area contributed by atoms with E-state index >= 15 is 0 Å². The molecular weight excluding hydrogens is 248 g/mol. The number of nitrogens with one attached hydrogen (secondary N) is 1. The number of rotatable bonds is 5. The van der Waals surface area contributed by atoms with Gasteiger partial charge in [-0.25, -0.2) is 0 Å². The highest BCUT2D eigenvalue weighted by Gasteiger charge is 2.27. The smallest absolute Gasteiger partial charge is 0.0590 e. The molecular formula is C17H28N2O. The Morgan fingerprint density at radius 2 is 2.05 bits per heavy atom. The van der Waals surface area contributed by atoms with E-state index in [1.165, 1.54) is 5.56 Å². The first kappa shape index (κ1) is 15.5. The summed E-state index contributed by atoms with van der Waals surface area (Å²) in [5.74, 6) is 0.936. The van der Waals surface area contributed by atoms with Crippen LogP contribution in [0, 0.1) is 11.8 Å². The van der Waals surface area contributed by atoms with Crippen LogP contribution in [0.15, 0.2) is 30.3 Å². The lowest BCUT2D eigenvalue weighted by atomic mass is 9.91. The third kappa shape index (κ3) is 3.81. The number of nitrogens with zero attached hydrogens (tertiary/aromatic N) is 1. The Hall–Kier alpha value is -0.900. The summed E-state index contributed by atoms with van der Waals surface area (Å²) >= 11 is 0. The van der Waals surface area contributed by atoms with E-state index in [2.05, 4.69) is 54.4 Å². The third-order valence-corrected chi connectivity index (χ3v) is 4.53. The number of piperidine rings is 1. The van der Waals surface area contributed by atoms with Crippen molar-refractivity contribution in [1.82, 2.24) is 10.2 Å². The van der Waals surface area contributed by atoms with Crippen LogP contribution in [-0.4, -0.2) is 42.8 Å². The van der Waals surface area contributed by atoms with Gasteiger partial charge >= 0.3 is 0 Å². The first-order chi connectivity index (χ1) is 9.61. The molecule has 0 bridgehead atoms. The predicted octanol–water partition coefficient (Wildman–Crippen LogP) is 2.29. The average molecular weight is 276 g/mol. The summed E-state index contributed by atoms with van der Waals surface area (Å²) in [5.41, 5.74) is 1.35. The summed E-state index contributed by atoms with van der Waals surface area (Å²) in [4.78, 5) is 2.50. The number of likely N-dealkylation sites (tertiary alicyclic amines) is 1. The maximum absolute atomic E-state index is 9.82. The van der Waals surface area contributed by atoms with Crippen molar-refractivity contribution in [2.24, 2.45) is 11.8 Å². The third-order valence-electron chi connectivity index (χ3n) is 4.53. The number of benzene rings is 1. The molecule has 0 aromatic heterocycles. The van der Waals surface area contributed by atoms with Gasteiger partial charge in [-0.1, -0.05) is 44.2 Å². The van der Waals surface area contributed by atoms with Gasteiger partial charge in [0, 0.05) is 25.7 Å². The van der Waals surface area contributed by atoms with Gasteiger partial charge in [-0.05, 0) is 30.9 Å². The van der Waals surface area contributed by atoms with E-state index in [4.69, 9.17) is 0 Å². The maximum Gasteiger partial charge on any atom is 0.0590 e. The number of hydrogen-bond donors (Lipinski definition) is 2.